The quantitative estimate of drug-likeness (QED) is 0.563. The molecule has 0 aromatic carbocycles. The number of aliphatic hydroxyl groups is 1. The van der Waals surface area contributed by atoms with Crippen molar-refractivity contribution < 1.29 is 5.11 Å². The molecule has 2 heteroatoms. The van der Waals surface area contributed by atoms with Crippen LogP contribution in [0, 0.1) is 0 Å². The van der Waals surface area contributed by atoms with Crippen molar-refractivity contribution in [2.45, 2.75) is 77.5 Å². The minimum absolute atomic E-state index is 0.0568. The van der Waals surface area contributed by atoms with Gasteiger partial charge in [0.05, 0.1) is 6.10 Å². The normalized spacial score (nSPS) is 15.1. The largest absolute Gasteiger partial charge is 0.393 e. The van der Waals surface area contributed by atoms with Crippen LogP contribution < -0.4 is 0 Å². The molecule has 0 saturated carbocycles. The molecular formula is C12H27BO. The number of hydrogen-bond acceptors (Lipinski definition) is 1. The summed E-state index contributed by atoms with van der Waals surface area (Å²) in [6, 6.07) is 0. The van der Waals surface area contributed by atoms with Gasteiger partial charge in [0.25, 0.3) is 0 Å². The lowest BCUT2D eigenvalue weighted by molar-refractivity contribution is 0.156. The molecule has 0 radical (unpaired) electrons. The highest BCUT2D eigenvalue weighted by Crippen LogP contribution is 2.21. The van der Waals surface area contributed by atoms with Gasteiger partial charge in [0.2, 0.25) is 0 Å². The van der Waals surface area contributed by atoms with Crippen molar-refractivity contribution in [3.05, 3.63) is 0 Å². The van der Waals surface area contributed by atoms with E-state index in [1.807, 2.05) is 0 Å². The lowest BCUT2D eigenvalue weighted by Gasteiger charge is -2.14. The van der Waals surface area contributed by atoms with Crippen LogP contribution in [0.5, 0.6) is 0 Å². The summed E-state index contributed by atoms with van der Waals surface area (Å²) in [5.74, 6) is 0.902. The van der Waals surface area contributed by atoms with Gasteiger partial charge in [-0.05, 0) is 12.8 Å². The molecule has 84 valence electrons. The third-order valence-corrected chi connectivity index (χ3v) is 3.16. The second kappa shape index (κ2) is 9.58. The monoisotopic (exact) mass is 198 g/mol. The van der Waals surface area contributed by atoms with Crippen molar-refractivity contribution in [1.82, 2.24) is 0 Å². The maximum absolute atomic E-state index is 9.42. The van der Waals surface area contributed by atoms with E-state index in [9.17, 15) is 5.11 Å². The topological polar surface area (TPSA) is 20.2 Å². The van der Waals surface area contributed by atoms with Crippen LogP contribution in [0.2, 0.25) is 12.6 Å². The highest BCUT2D eigenvalue weighted by Gasteiger charge is 2.08. The zero-order valence-corrected chi connectivity index (χ0v) is 10.3. The first-order valence-corrected chi connectivity index (χ1v) is 6.42. The molecule has 1 nitrogen and oxygen atoms in total. The highest BCUT2D eigenvalue weighted by molar-refractivity contribution is 6.35. The lowest BCUT2D eigenvalue weighted by atomic mass is 9.63. The molecule has 0 saturated heterocycles. The summed E-state index contributed by atoms with van der Waals surface area (Å²) in [4.78, 5) is 0. The van der Waals surface area contributed by atoms with E-state index < -0.39 is 0 Å². The van der Waals surface area contributed by atoms with Gasteiger partial charge in [0.1, 0.15) is 7.28 Å². The Labute approximate surface area is 90.5 Å². The fourth-order valence-corrected chi connectivity index (χ4v) is 1.89. The maximum Gasteiger partial charge on any atom is 0.120 e. The molecule has 1 N–H and O–H groups in total. The molecule has 0 heterocycles. The molecule has 0 amide bonds. The first-order chi connectivity index (χ1) is 6.74. The van der Waals surface area contributed by atoms with Crippen molar-refractivity contribution in [2.75, 3.05) is 0 Å². The van der Waals surface area contributed by atoms with Crippen molar-refractivity contribution in [2.24, 2.45) is 0 Å². The number of aliphatic hydroxyl groups excluding tert-OH is 1. The van der Waals surface area contributed by atoms with Gasteiger partial charge < -0.3 is 5.11 Å². The predicted octanol–water partition coefficient (Wildman–Crippen LogP) is 3.39. The molecule has 14 heavy (non-hydrogen) atoms. The fourth-order valence-electron chi connectivity index (χ4n) is 1.89. The van der Waals surface area contributed by atoms with Crippen LogP contribution in [0.25, 0.3) is 0 Å². The Morgan fingerprint density at radius 3 is 2.21 bits per heavy atom. The third-order valence-electron chi connectivity index (χ3n) is 3.16. The van der Waals surface area contributed by atoms with Gasteiger partial charge in [-0.2, -0.15) is 0 Å². The van der Waals surface area contributed by atoms with Crippen molar-refractivity contribution in [3.8, 4) is 0 Å². The Morgan fingerprint density at radius 1 is 1.07 bits per heavy atom. The van der Waals surface area contributed by atoms with Gasteiger partial charge in [-0.25, -0.2) is 0 Å². The van der Waals surface area contributed by atoms with Crippen molar-refractivity contribution >= 4 is 7.28 Å². The highest BCUT2D eigenvalue weighted by atomic mass is 16.3. The van der Waals surface area contributed by atoms with Crippen LogP contribution in [0.15, 0.2) is 0 Å². The van der Waals surface area contributed by atoms with Gasteiger partial charge in [0.15, 0.2) is 0 Å². The first kappa shape index (κ1) is 14.0. The summed E-state index contributed by atoms with van der Waals surface area (Å²) < 4.78 is 0. The van der Waals surface area contributed by atoms with Crippen molar-refractivity contribution in [3.63, 3.8) is 0 Å². The van der Waals surface area contributed by atoms with Crippen LogP contribution >= 0.6 is 0 Å². The average Bonchev–Trinajstić information content (AvgIpc) is 2.22. The van der Waals surface area contributed by atoms with Crippen LogP contribution in [-0.4, -0.2) is 18.5 Å². The van der Waals surface area contributed by atoms with E-state index in [1.165, 1.54) is 39.4 Å². The summed E-state index contributed by atoms with van der Waals surface area (Å²) in [7, 11) is 1.31. The van der Waals surface area contributed by atoms with Crippen LogP contribution in [-0.2, 0) is 0 Å². The molecule has 0 aliphatic heterocycles. The van der Waals surface area contributed by atoms with Crippen LogP contribution in [0.1, 0.15) is 58.8 Å². The Balaban J connectivity index is 3.42. The first-order valence-electron chi connectivity index (χ1n) is 6.42. The zero-order valence-electron chi connectivity index (χ0n) is 10.3. The van der Waals surface area contributed by atoms with E-state index in [1.54, 1.807) is 0 Å². The third kappa shape index (κ3) is 7.43. The van der Waals surface area contributed by atoms with Gasteiger partial charge >= 0.3 is 0 Å². The molecule has 0 aliphatic rings. The molecule has 2 atom stereocenters. The second-order valence-corrected chi connectivity index (χ2v) is 4.41. The number of unbranched alkanes of at least 4 members (excludes halogenated alkanes) is 1. The minimum atomic E-state index is -0.0568. The number of hydrogen-bond donors (Lipinski definition) is 1. The standard InChI is InChI=1S/C12H27BO/c1-4-6-8-11(13-3)9-7-10-12(14)5-2/h11-14H,4-10H2,1-3H3/t11-,12?/m1/s1. The summed E-state index contributed by atoms with van der Waals surface area (Å²) >= 11 is 0. The summed E-state index contributed by atoms with van der Waals surface area (Å²) in [6.45, 7) is 6.60. The molecule has 0 spiro atoms. The van der Waals surface area contributed by atoms with Gasteiger partial charge in [-0.1, -0.05) is 58.6 Å². The van der Waals surface area contributed by atoms with E-state index in [0.717, 1.165) is 18.7 Å². The van der Waals surface area contributed by atoms with Gasteiger partial charge in [-0.15, -0.1) is 0 Å². The van der Waals surface area contributed by atoms with E-state index in [0.29, 0.717) is 0 Å². The molecular weight excluding hydrogens is 171 g/mol. The van der Waals surface area contributed by atoms with E-state index in [4.69, 9.17) is 0 Å². The molecule has 0 aromatic rings. The zero-order chi connectivity index (χ0) is 10.8. The Morgan fingerprint density at radius 2 is 1.71 bits per heavy atom. The predicted molar refractivity (Wildman–Crippen MR) is 66.4 cm³/mol. The molecule has 0 bridgehead atoms. The van der Waals surface area contributed by atoms with E-state index >= 15 is 0 Å². The smallest absolute Gasteiger partial charge is 0.120 e. The molecule has 1 unspecified atom stereocenters. The van der Waals surface area contributed by atoms with Gasteiger partial charge in [0, 0.05) is 0 Å². The minimum Gasteiger partial charge on any atom is -0.393 e. The van der Waals surface area contributed by atoms with E-state index in [2.05, 4.69) is 20.7 Å². The molecule has 0 rings (SSSR count). The summed E-state index contributed by atoms with van der Waals surface area (Å²) in [5.41, 5.74) is 0. The Kier molecular flexibility index (Phi) is 9.59. The molecule has 0 aromatic heterocycles. The SMILES string of the molecule is CB[C@H](CCCC)CCCC(O)CC. The summed E-state index contributed by atoms with van der Waals surface area (Å²) in [6.07, 6.45) is 8.44. The molecule has 0 fully saturated rings. The summed E-state index contributed by atoms with van der Waals surface area (Å²) in [5, 5.41) is 9.42. The Hall–Kier alpha value is 0.0249. The van der Waals surface area contributed by atoms with Crippen molar-refractivity contribution in [1.29, 1.82) is 0 Å². The Bertz CT molecular complexity index is 117. The average molecular weight is 198 g/mol. The van der Waals surface area contributed by atoms with Crippen LogP contribution in [0.4, 0.5) is 0 Å². The second-order valence-electron chi connectivity index (χ2n) is 4.41. The number of rotatable bonds is 9. The van der Waals surface area contributed by atoms with Crippen LogP contribution in [0.3, 0.4) is 0 Å². The molecule has 0 aliphatic carbocycles. The van der Waals surface area contributed by atoms with Gasteiger partial charge in [-0.3, -0.25) is 0 Å². The maximum atomic E-state index is 9.42. The fraction of sp³-hybridized carbons (Fsp3) is 1.00. The van der Waals surface area contributed by atoms with E-state index in [-0.39, 0.29) is 6.10 Å². The lowest BCUT2D eigenvalue weighted by Crippen LogP contribution is -2.06.